The monoisotopic (exact) mass is 602 g/mol. The van der Waals surface area contributed by atoms with Crippen molar-refractivity contribution in [2.24, 2.45) is 0 Å². The van der Waals surface area contributed by atoms with Crippen molar-refractivity contribution in [1.82, 2.24) is 10.2 Å². The number of ether oxygens (including phenoxy) is 2. The van der Waals surface area contributed by atoms with Gasteiger partial charge in [0.05, 0.1) is 19.3 Å². The number of hydroxylamine groups is 2. The number of benzene rings is 4. The number of hydrogen-bond acceptors (Lipinski definition) is 7. The lowest BCUT2D eigenvalue weighted by Gasteiger charge is -2.37. The highest BCUT2D eigenvalue weighted by molar-refractivity contribution is 5.83. The fraction of sp³-hybridized carbons (Fsp3) is 0.235. The molecule has 6 rings (SSSR count). The number of aromatic nitrogens is 1. The second-order valence-electron chi connectivity index (χ2n) is 10.6. The third kappa shape index (κ3) is 7.10. The van der Waals surface area contributed by atoms with Crippen molar-refractivity contribution in [3.8, 4) is 17.0 Å². The molecule has 0 spiro atoms. The first-order chi connectivity index (χ1) is 21.3. The van der Waals surface area contributed by atoms with E-state index >= 15 is 0 Å². The van der Waals surface area contributed by atoms with Crippen LogP contribution in [0, 0.1) is 0 Å². The maximum absolute atomic E-state index is 12.9. The van der Waals surface area contributed by atoms with Crippen molar-refractivity contribution in [2.75, 3.05) is 13.1 Å². The second-order valence-corrected chi connectivity index (χ2v) is 10.6. The number of alkyl halides is 3. The first-order valence-electron chi connectivity index (χ1n) is 14.2. The van der Waals surface area contributed by atoms with Gasteiger partial charge in [-0.2, -0.15) is 13.2 Å². The molecule has 1 aliphatic heterocycles. The molecule has 1 fully saturated rings. The van der Waals surface area contributed by atoms with Gasteiger partial charge in [0.2, 0.25) is 0 Å². The number of hydrogen-bond donors (Lipinski definition) is 0. The summed E-state index contributed by atoms with van der Waals surface area (Å²) >= 11 is 0. The molecule has 4 aromatic carbocycles. The van der Waals surface area contributed by atoms with Gasteiger partial charge in [-0.1, -0.05) is 84.0 Å². The molecule has 0 amide bonds. The maximum atomic E-state index is 12.9. The van der Waals surface area contributed by atoms with E-state index in [4.69, 9.17) is 14.0 Å². The SMILES string of the molecule is O=C(ON1CCC(c2ccc(OCc3cc(-c4ccccc4)no3)cc2)C(OCc2ccc3ccccc3c2)C1)C(F)(F)F. The molecule has 226 valence electrons. The zero-order chi connectivity index (χ0) is 30.5. The number of halogens is 3. The van der Waals surface area contributed by atoms with E-state index in [1.165, 1.54) is 0 Å². The first-order valence-corrected chi connectivity index (χ1v) is 14.2. The van der Waals surface area contributed by atoms with Crippen molar-refractivity contribution in [3.63, 3.8) is 0 Å². The van der Waals surface area contributed by atoms with Gasteiger partial charge in [0.1, 0.15) is 18.1 Å². The third-order valence-electron chi connectivity index (χ3n) is 7.56. The lowest BCUT2D eigenvalue weighted by atomic mass is 9.87. The summed E-state index contributed by atoms with van der Waals surface area (Å²) in [5, 5.41) is 7.30. The number of carbonyl (C=O) groups is 1. The predicted octanol–water partition coefficient (Wildman–Crippen LogP) is 7.47. The van der Waals surface area contributed by atoms with E-state index in [1.54, 1.807) is 0 Å². The molecule has 1 aliphatic rings. The van der Waals surface area contributed by atoms with Gasteiger partial charge in [-0.3, -0.25) is 0 Å². The molecule has 0 saturated carbocycles. The van der Waals surface area contributed by atoms with Crippen LogP contribution in [-0.4, -0.2) is 41.6 Å². The Morgan fingerprint density at radius 3 is 2.41 bits per heavy atom. The predicted molar refractivity (Wildman–Crippen MR) is 156 cm³/mol. The number of carbonyl (C=O) groups excluding carboxylic acids is 1. The van der Waals surface area contributed by atoms with E-state index in [1.807, 2.05) is 103 Å². The van der Waals surface area contributed by atoms with E-state index < -0.39 is 18.2 Å². The van der Waals surface area contributed by atoms with Crippen molar-refractivity contribution < 1.29 is 36.8 Å². The van der Waals surface area contributed by atoms with Crippen LogP contribution in [0.4, 0.5) is 13.2 Å². The summed E-state index contributed by atoms with van der Waals surface area (Å²) in [4.78, 5) is 16.2. The summed E-state index contributed by atoms with van der Waals surface area (Å²) in [7, 11) is 0. The Kier molecular flexibility index (Phi) is 8.63. The first kappa shape index (κ1) is 29.4. The largest absolute Gasteiger partial charge is 0.492 e. The average molecular weight is 603 g/mol. The van der Waals surface area contributed by atoms with Crippen LogP contribution in [0.5, 0.6) is 5.75 Å². The van der Waals surface area contributed by atoms with Gasteiger partial charge >= 0.3 is 12.1 Å². The fourth-order valence-electron chi connectivity index (χ4n) is 5.31. The van der Waals surface area contributed by atoms with Crippen LogP contribution in [-0.2, 0) is 27.6 Å². The van der Waals surface area contributed by atoms with Gasteiger partial charge in [0.25, 0.3) is 0 Å². The Labute approximate surface area is 251 Å². The van der Waals surface area contributed by atoms with E-state index in [2.05, 4.69) is 9.99 Å². The number of fused-ring (bicyclic) bond motifs is 1. The number of piperidine rings is 1. The van der Waals surface area contributed by atoms with Gasteiger partial charge in [0.15, 0.2) is 5.76 Å². The fourth-order valence-corrected chi connectivity index (χ4v) is 5.31. The molecule has 44 heavy (non-hydrogen) atoms. The molecular weight excluding hydrogens is 573 g/mol. The van der Waals surface area contributed by atoms with Crippen LogP contribution in [0.25, 0.3) is 22.0 Å². The summed E-state index contributed by atoms with van der Waals surface area (Å²) in [6, 6.07) is 33.0. The van der Waals surface area contributed by atoms with Crippen LogP contribution in [0.3, 0.4) is 0 Å². The van der Waals surface area contributed by atoms with Crippen LogP contribution >= 0.6 is 0 Å². The van der Waals surface area contributed by atoms with E-state index in [-0.39, 0.29) is 32.2 Å². The third-order valence-corrected chi connectivity index (χ3v) is 7.56. The summed E-state index contributed by atoms with van der Waals surface area (Å²) in [6.07, 6.45) is -5.19. The normalized spacial score (nSPS) is 17.4. The molecule has 1 saturated heterocycles. The minimum absolute atomic E-state index is 0.00639. The molecule has 5 aromatic rings. The molecule has 0 N–H and O–H groups in total. The molecule has 10 heteroatoms. The van der Waals surface area contributed by atoms with Crippen molar-refractivity contribution in [1.29, 1.82) is 0 Å². The van der Waals surface area contributed by atoms with Crippen LogP contribution in [0.2, 0.25) is 0 Å². The zero-order valence-corrected chi connectivity index (χ0v) is 23.6. The smallest absolute Gasteiger partial charge is 0.486 e. The van der Waals surface area contributed by atoms with Gasteiger partial charge in [-0.05, 0) is 46.5 Å². The van der Waals surface area contributed by atoms with Crippen LogP contribution in [0.1, 0.15) is 29.2 Å². The Bertz CT molecular complexity index is 1710. The highest BCUT2D eigenvalue weighted by atomic mass is 19.4. The van der Waals surface area contributed by atoms with E-state index in [0.717, 1.165) is 38.2 Å². The van der Waals surface area contributed by atoms with Crippen LogP contribution < -0.4 is 4.74 Å². The van der Waals surface area contributed by atoms with E-state index in [9.17, 15) is 18.0 Å². The Morgan fingerprint density at radius 1 is 0.886 bits per heavy atom. The molecule has 0 bridgehead atoms. The van der Waals surface area contributed by atoms with Gasteiger partial charge in [-0.25, -0.2) is 4.79 Å². The van der Waals surface area contributed by atoms with Crippen molar-refractivity contribution >= 4 is 16.7 Å². The average Bonchev–Trinajstić information content (AvgIpc) is 3.52. The quantitative estimate of drug-likeness (QED) is 0.173. The molecule has 1 aromatic heterocycles. The molecular formula is C34H29F3N2O5. The van der Waals surface area contributed by atoms with E-state index in [0.29, 0.717) is 17.9 Å². The molecule has 0 radical (unpaired) electrons. The Balaban J connectivity index is 1.12. The summed E-state index contributed by atoms with van der Waals surface area (Å²) in [5.41, 5.74) is 3.54. The highest BCUT2D eigenvalue weighted by Gasteiger charge is 2.44. The molecule has 0 aliphatic carbocycles. The maximum Gasteiger partial charge on any atom is 0.492 e. The topological polar surface area (TPSA) is 74.0 Å². The van der Waals surface area contributed by atoms with Crippen molar-refractivity contribution in [2.45, 2.75) is 37.8 Å². The highest BCUT2D eigenvalue weighted by Crippen LogP contribution is 2.33. The molecule has 2 heterocycles. The van der Waals surface area contributed by atoms with Gasteiger partial charge in [-0.15, -0.1) is 5.06 Å². The van der Waals surface area contributed by atoms with Crippen LogP contribution in [0.15, 0.2) is 108 Å². The number of rotatable bonds is 9. The minimum Gasteiger partial charge on any atom is -0.486 e. The lowest BCUT2D eigenvalue weighted by molar-refractivity contribution is -0.248. The summed E-state index contributed by atoms with van der Waals surface area (Å²) in [5.74, 6) is -1.19. The Hall–Kier alpha value is -4.67. The summed E-state index contributed by atoms with van der Waals surface area (Å²) < 4.78 is 56.2. The standard InChI is InChI=1S/C34H29F3N2O5/c35-34(36,37)33(40)44-39-17-16-30(32(20-39)42-21-23-10-11-24-6-4-5-9-27(24)18-23)25-12-14-28(15-13-25)41-22-29-19-31(38-43-29)26-7-2-1-3-8-26/h1-15,18-19,30,32H,16-17,20-22H2. The molecule has 2 atom stereocenters. The van der Waals surface area contributed by atoms with Gasteiger partial charge < -0.3 is 18.8 Å². The number of nitrogens with zero attached hydrogens (tertiary/aromatic N) is 2. The molecule has 7 nitrogen and oxygen atoms in total. The summed E-state index contributed by atoms with van der Waals surface area (Å²) in [6.45, 7) is 0.569. The zero-order valence-electron chi connectivity index (χ0n) is 23.6. The Morgan fingerprint density at radius 2 is 1.64 bits per heavy atom. The van der Waals surface area contributed by atoms with Crippen molar-refractivity contribution in [3.05, 3.63) is 120 Å². The second kappa shape index (κ2) is 12.9. The minimum atomic E-state index is -5.08. The van der Waals surface area contributed by atoms with Gasteiger partial charge in [0, 0.05) is 24.1 Å². The lowest BCUT2D eigenvalue weighted by Crippen LogP contribution is -2.46. The molecule has 2 unspecified atom stereocenters.